The van der Waals surface area contributed by atoms with Crippen molar-refractivity contribution in [1.82, 2.24) is 4.90 Å². The van der Waals surface area contributed by atoms with E-state index in [1.807, 2.05) is 31.2 Å². The summed E-state index contributed by atoms with van der Waals surface area (Å²) in [6.45, 7) is 9.62. The summed E-state index contributed by atoms with van der Waals surface area (Å²) < 4.78 is 11.1. The quantitative estimate of drug-likeness (QED) is 0.556. The van der Waals surface area contributed by atoms with Gasteiger partial charge in [-0.15, -0.1) is 0 Å². The molecule has 0 radical (unpaired) electrons. The minimum Gasteiger partial charge on any atom is -0.492 e. The fourth-order valence-electron chi connectivity index (χ4n) is 1.85. The third-order valence-corrected chi connectivity index (χ3v) is 3.07. The first kappa shape index (κ1) is 17.5. The Bertz CT molecular complexity index is 434. The highest BCUT2D eigenvalue weighted by Gasteiger charge is 2.02. The van der Waals surface area contributed by atoms with E-state index >= 15 is 0 Å². The van der Waals surface area contributed by atoms with Crippen LogP contribution in [-0.2, 0) is 4.74 Å². The number of likely N-dealkylation sites (N-methyl/N-ethyl adjacent to an activating group) is 1. The highest BCUT2D eigenvalue weighted by Crippen LogP contribution is 2.11. The van der Waals surface area contributed by atoms with E-state index in [4.69, 9.17) is 15.2 Å². The first-order chi connectivity index (χ1) is 10.3. The summed E-state index contributed by atoms with van der Waals surface area (Å²) in [5, 5.41) is 0. The molecule has 4 heteroatoms. The van der Waals surface area contributed by atoms with Crippen molar-refractivity contribution >= 4 is 0 Å². The lowest BCUT2D eigenvalue weighted by Crippen LogP contribution is -2.31. The summed E-state index contributed by atoms with van der Waals surface area (Å²) in [4.78, 5) is 2.32. The van der Waals surface area contributed by atoms with E-state index in [0.717, 1.165) is 44.2 Å². The molecule has 0 aromatic heterocycles. The zero-order valence-corrected chi connectivity index (χ0v) is 13.1. The van der Waals surface area contributed by atoms with Crippen LogP contribution in [0.25, 0.3) is 0 Å². The molecule has 0 aliphatic rings. The molecule has 1 rings (SSSR count). The molecule has 0 heterocycles. The molecule has 0 saturated heterocycles. The summed E-state index contributed by atoms with van der Waals surface area (Å²) >= 11 is 0. The van der Waals surface area contributed by atoms with Crippen LogP contribution in [0, 0.1) is 11.8 Å². The van der Waals surface area contributed by atoms with Gasteiger partial charge < -0.3 is 15.2 Å². The molecule has 0 aliphatic carbocycles. The molecule has 0 fully saturated rings. The van der Waals surface area contributed by atoms with Gasteiger partial charge in [0.25, 0.3) is 0 Å². The second-order valence-electron chi connectivity index (χ2n) is 4.51. The molecule has 1 aromatic carbocycles. The average Bonchev–Trinajstić information content (AvgIpc) is 2.52. The molecule has 2 N–H and O–H groups in total. The minimum absolute atomic E-state index is 0.382. The van der Waals surface area contributed by atoms with E-state index in [2.05, 4.69) is 23.7 Å². The van der Waals surface area contributed by atoms with Crippen molar-refractivity contribution in [2.45, 2.75) is 13.8 Å². The van der Waals surface area contributed by atoms with Crippen LogP contribution in [0.5, 0.6) is 5.75 Å². The van der Waals surface area contributed by atoms with Gasteiger partial charge in [0.1, 0.15) is 12.4 Å². The molecule has 0 spiro atoms. The van der Waals surface area contributed by atoms with Crippen molar-refractivity contribution in [2.75, 3.05) is 46.0 Å². The number of benzene rings is 1. The number of rotatable bonds is 9. The summed E-state index contributed by atoms with van der Waals surface area (Å²) in [6.07, 6.45) is 0. The van der Waals surface area contributed by atoms with Gasteiger partial charge in [0.05, 0.1) is 13.2 Å². The van der Waals surface area contributed by atoms with Gasteiger partial charge in [-0.05, 0) is 37.7 Å². The Morgan fingerprint density at radius 2 is 1.81 bits per heavy atom. The van der Waals surface area contributed by atoms with Gasteiger partial charge in [0, 0.05) is 25.3 Å². The molecule has 0 saturated carbocycles. The molecule has 4 nitrogen and oxygen atoms in total. The van der Waals surface area contributed by atoms with Crippen LogP contribution in [0.3, 0.4) is 0 Å². The summed E-state index contributed by atoms with van der Waals surface area (Å²) in [7, 11) is 0. The number of nitrogens with two attached hydrogens (primary N) is 1. The zero-order valence-electron chi connectivity index (χ0n) is 13.1. The number of hydrogen-bond donors (Lipinski definition) is 1. The molecule has 0 aliphatic heterocycles. The Morgan fingerprint density at radius 3 is 2.43 bits per heavy atom. The van der Waals surface area contributed by atoms with E-state index in [9.17, 15) is 0 Å². The van der Waals surface area contributed by atoms with E-state index in [0.29, 0.717) is 13.2 Å². The lowest BCUT2D eigenvalue weighted by atomic mass is 10.2. The zero-order chi connectivity index (χ0) is 15.3. The maximum absolute atomic E-state index is 5.75. The molecule has 0 unspecified atom stereocenters. The first-order valence-corrected chi connectivity index (χ1v) is 7.52. The SMILES string of the molecule is CCOCCN(CC)CCOc1ccc(C#CCN)cc1. The van der Waals surface area contributed by atoms with Crippen molar-refractivity contribution in [3.8, 4) is 17.6 Å². The lowest BCUT2D eigenvalue weighted by Gasteiger charge is -2.20. The first-order valence-electron chi connectivity index (χ1n) is 7.52. The number of hydrogen-bond acceptors (Lipinski definition) is 4. The third kappa shape index (κ3) is 7.72. The molecular formula is C17H26N2O2. The fraction of sp³-hybridized carbons (Fsp3) is 0.529. The largest absolute Gasteiger partial charge is 0.492 e. The van der Waals surface area contributed by atoms with Gasteiger partial charge in [-0.1, -0.05) is 18.8 Å². The van der Waals surface area contributed by atoms with Crippen molar-refractivity contribution in [1.29, 1.82) is 0 Å². The van der Waals surface area contributed by atoms with Crippen molar-refractivity contribution in [2.24, 2.45) is 5.73 Å². The highest BCUT2D eigenvalue weighted by molar-refractivity contribution is 5.38. The number of ether oxygens (including phenoxy) is 2. The maximum atomic E-state index is 5.75. The second-order valence-corrected chi connectivity index (χ2v) is 4.51. The smallest absolute Gasteiger partial charge is 0.119 e. The van der Waals surface area contributed by atoms with Crippen molar-refractivity contribution < 1.29 is 9.47 Å². The van der Waals surface area contributed by atoms with Crippen LogP contribution in [0.4, 0.5) is 0 Å². The molecule has 1 aromatic rings. The number of nitrogens with zero attached hydrogens (tertiary/aromatic N) is 1. The topological polar surface area (TPSA) is 47.7 Å². The van der Waals surface area contributed by atoms with Gasteiger partial charge in [0.2, 0.25) is 0 Å². The van der Waals surface area contributed by atoms with Gasteiger partial charge in [-0.25, -0.2) is 0 Å². The second kappa shape index (κ2) is 11.2. The molecular weight excluding hydrogens is 264 g/mol. The van der Waals surface area contributed by atoms with Crippen LogP contribution >= 0.6 is 0 Å². The predicted molar refractivity (Wildman–Crippen MR) is 86.5 cm³/mol. The monoisotopic (exact) mass is 290 g/mol. The Kier molecular flexibility index (Phi) is 9.30. The lowest BCUT2D eigenvalue weighted by molar-refractivity contribution is 0.108. The Morgan fingerprint density at radius 1 is 1.10 bits per heavy atom. The normalized spacial score (nSPS) is 10.3. The molecule has 0 atom stereocenters. The fourth-order valence-corrected chi connectivity index (χ4v) is 1.85. The summed E-state index contributed by atoms with van der Waals surface area (Å²) in [6, 6.07) is 7.78. The van der Waals surface area contributed by atoms with E-state index < -0.39 is 0 Å². The van der Waals surface area contributed by atoms with Crippen LogP contribution in [0.2, 0.25) is 0 Å². The Balaban J connectivity index is 2.30. The van der Waals surface area contributed by atoms with Gasteiger partial charge in [-0.3, -0.25) is 4.90 Å². The van der Waals surface area contributed by atoms with E-state index in [1.165, 1.54) is 0 Å². The molecule has 116 valence electrons. The maximum Gasteiger partial charge on any atom is 0.119 e. The summed E-state index contributed by atoms with van der Waals surface area (Å²) in [5.74, 6) is 6.69. The molecule has 0 amide bonds. The Hall–Kier alpha value is -1.54. The average molecular weight is 290 g/mol. The van der Waals surface area contributed by atoms with Crippen LogP contribution in [-0.4, -0.2) is 50.9 Å². The summed E-state index contributed by atoms with van der Waals surface area (Å²) in [5.41, 5.74) is 6.30. The minimum atomic E-state index is 0.382. The van der Waals surface area contributed by atoms with Crippen LogP contribution < -0.4 is 10.5 Å². The third-order valence-electron chi connectivity index (χ3n) is 3.07. The van der Waals surface area contributed by atoms with Crippen molar-refractivity contribution in [3.63, 3.8) is 0 Å². The predicted octanol–water partition coefficient (Wildman–Crippen LogP) is 1.73. The van der Waals surface area contributed by atoms with Gasteiger partial charge >= 0.3 is 0 Å². The van der Waals surface area contributed by atoms with E-state index in [-0.39, 0.29) is 0 Å². The van der Waals surface area contributed by atoms with Crippen molar-refractivity contribution in [3.05, 3.63) is 29.8 Å². The van der Waals surface area contributed by atoms with Gasteiger partial charge in [0.15, 0.2) is 0 Å². The molecule has 21 heavy (non-hydrogen) atoms. The van der Waals surface area contributed by atoms with Crippen LogP contribution in [0.1, 0.15) is 19.4 Å². The van der Waals surface area contributed by atoms with Gasteiger partial charge in [-0.2, -0.15) is 0 Å². The molecule has 0 bridgehead atoms. The standard InChI is InChI=1S/C17H26N2O2/c1-3-19(12-14-20-4-2)13-15-21-17-9-7-16(8-10-17)6-5-11-18/h7-10H,3-4,11-15,18H2,1-2H3. The van der Waals surface area contributed by atoms with Crippen LogP contribution in [0.15, 0.2) is 24.3 Å². The highest BCUT2D eigenvalue weighted by atomic mass is 16.5. The van der Waals surface area contributed by atoms with E-state index in [1.54, 1.807) is 0 Å². The Labute approximate surface area is 128 Å².